The van der Waals surface area contributed by atoms with Crippen LogP contribution in [-0.2, 0) is 19.6 Å². The monoisotopic (exact) mass is 442 g/mol. The molecule has 1 atom stereocenters. The van der Waals surface area contributed by atoms with E-state index in [4.69, 9.17) is 14.2 Å². The molecule has 1 heterocycles. The number of hydrogen-bond donors (Lipinski definition) is 1. The van der Waals surface area contributed by atoms with Crippen LogP contribution >= 0.6 is 0 Å². The van der Waals surface area contributed by atoms with Crippen molar-refractivity contribution in [1.82, 2.24) is 9.80 Å². The Morgan fingerprint density at radius 3 is 2.50 bits per heavy atom. The lowest BCUT2D eigenvalue weighted by Gasteiger charge is -2.38. The number of likely N-dealkylation sites (N-methyl/N-ethyl adjacent to an activating group) is 1. The van der Waals surface area contributed by atoms with Gasteiger partial charge in [0.25, 0.3) is 0 Å². The van der Waals surface area contributed by atoms with Crippen molar-refractivity contribution in [3.8, 4) is 17.2 Å². The number of aliphatic hydroxyl groups excluding tert-OH is 1. The number of ether oxygens (including phenoxy) is 3. The van der Waals surface area contributed by atoms with Gasteiger partial charge in [0.05, 0.1) is 27.4 Å². The SMILES string of the molecule is CCOc1ccc(CN2CCC[C@H](N(C)CCc3ccc(OC)c(OC)c3)C2)cc1CO. The van der Waals surface area contributed by atoms with Gasteiger partial charge in [-0.1, -0.05) is 12.1 Å². The second kappa shape index (κ2) is 12.1. The van der Waals surface area contributed by atoms with Crippen molar-refractivity contribution in [2.24, 2.45) is 0 Å². The molecule has 3 rings (SSSR count). The molecule has 0 radical (unpaired) electrons. The fourth-order valence-electron chi connectivity index (χ4n) is 4.47. The Hall–Kier alpha value is -2.28. The number of hydrogen-bond acceptors (Lipinski definition) is 6. The third-order valence-electron chi connectivity index (χ3n) is 6.31. The Labute approximate surface area is 192 Å². The average Bonchev–Trinajstić information content (AvgIpc) is 2.83. The highest BCUT2D eigenvalue weighted by molar-refractivity contribution is 5.43. The summed E-state index contributed by atoms with van der Waals surface area (Å²) in [5.74, 6) is 2.34. The number of likely N-dealkylation sites (tertiary alicyclic amines) is 1. The van der Waals surface area contributed by atoms with Gasteiger partial charge in [0, 0.05) is 31.2 Å². The van der Waals surface area contributed by atoms with Gasteiger partial charge in [-0.15, -0.1) is 0 Å². The summed E-state index contributed by atoms with van der Waals surface area (Å²) in [6.45, 7) is 6.65. The second-order valence-corrected chi connectivity index (χ2v) is 8.48. The highest BCUT2D eigenvalue weighted by atomic mass is 16.5. The van der Waals surface area contributed by atoms with Crippen LogP contribution in [0.3, 0.4) is 0 Å². The van der Waals surface area contributed by atoms with Crippen LogP contribution in [0, 0.1) is 0 Å². The van der Waals surface area contributed by atoms with Crippen molar-refractivity contribution in [2.75, 3.05) is 47.5 Å². The van der Waals surface area contributed by atoms with E-state index in [0.29, 0.717) is 12.6 Å². The van der Waals surface area contributed by atoms with Gasteiger partial charge in [0.2, 0.25) is 0 Å². The Kier molecular flexibility index (Phi) is 9.21. The first-order valence-corrected chi connectivity index (χ1v) is 11.6. The van der Waals surface area contributed by atoms with E-state index in [1.807, 2.05) is 19.1 Å². The lowest BCUT2D eigenvalue weighted by Crippen LogP contribution is -2.46. The topological polar surface area (TPSA) is 54.4 Å². The number of rotatable bonds is 11. The van der Waals surface area contributed by atoms with Gasteiger partial charge in [-0.3, -0.25) is 4.90 Å². The van der Waals surface area contributed by atoms with Gasteiger partial charge in [0.15, 0.2) is 11.5 Å². The summed E-state index contributed by atoms with van der Waals surface area (Å²) in [5, 5.41) is 9.69. The lowest BCUT2D eigenvalue weighted by atomic mass is 10.0. The van der Waals surface area contributed by atoms with E-state index < -0.39 is 0 Å². The molecule has 1 N–H and O–H groups in total. The van der Waals surface area contributed by atoms with Gasteiger partial charge in [-0.25, -0.2) is 0 Å². The quantitative estimate of drug-likeness (QED) is 0.572. The number of benzene rings is 2. The molecular weight excluding hydrogens is 404 g/mol. The van der Waals surface area contributed by atoms with Crippen molar-refractivity contribution >= 4 is 0 Å². The minimum absolute atomic E-state index is 0.00464. The van der Waals surface area contributed by atoms with Crippen LogP contribution in [0.15, 0.2) is 36.4 Å². The average molecular weight is 443 g/mol. The fourth-order valence-corrected chi connectivity index (χ4v) is 4.47. The van der Waals surface area contributed by atoms with Crippen molar-refractivity contribution in [2.45, 2.75) is 45.4 Å². The van der Waals surface area contributed by atoms with Gasteiger partial charge >= 0.3 is 0 Å². The van der Waals surface area contributed by atoms with Crippen LogP contribution in [0.2, 0.25) is 0 Å². The summed E-state index contributed by atoms with van der Waals surface area (Å²) >= 11 is 0. The Bertz CT molecular complexity index is 858. The van der Waals surface area contributed by atoms with Crippen LogP contribution < -0.4 is 14.2 Å². The smallest absolute Gasteiger partial charge is 0.160 e. The summed E-state index contributed by atoms with van der Waals surface area (Å²) in [6, 6.07) is 12.9. The number of nitrogens with zero attached hydrogens (tertiary/aromatic N) is 2. The first-order valence-electron chi connectivity index (χ1n) is 11.6. The second-order valence-electron chi connectivity index (χ2n) is 8.48. The minimum atomic E-state index is 0.00464. The summed E-state index contributed by atoms with van der Waals surface area (Å²) in [5.41, 5.74) is 3.35. The van der Waals surface area contributed by atoms with Crippen molar-refractivity contribution in [3.63, 3.8) is 0 Å². The molecular formula is C26H38N2O4. The molecule has 1 aliphatic rings. The third kappa shape index (κ3) is 6.37. The van der Waals surface area contributed by atoms with Gasteiger partial charge in [0.1, 0.15) is 5.75 Å². The van der Waals surface area contributed by atoms with Gasteiger partial charge in [-0.2, -0.15) is 0 Å². The number of methoxy groups -OCH3 is 2. The third-order valence-corrected chi connectivity index (χ3v) is 6.31. The molecule has 32 heavy (non-hydrogen) atoms. The molecule has 6 heteroatoms. The number of piperidine rings is 1. The van der Waals surface area contributed by atoms with Crippen LogP contribution in [0.4, 0.5) is 0 Å². The zero-order valence-corrected chi connectivity index (χ0v) is 20.0. The molecule has 0 unspecified atom stereocenters. The van der Waals surface area contributed by atoms with E-state index in [1.165, 1.54) is 24.0 Å². The molecule has 6 nitrogen and oxygen atoms in total. The zero-order chi connectivity index (χ0) is 22.9. The van der Waals surface area contributed by atoms with Crippen LogP contribution in [0.5, 0.6) is 17.2 Å². The molecule has 0 bridgehead atoms. The summed E-state index contributed by atoms with van der Waals surface area (Å²) in [7, 11) is 5.58. The number of aliphatic hydroxyl groups is 1. The molecule has 0 saturated carbocycles. The largest absolute Gasteiger partial charge is 0.494 e. The highest BCUT2D eigenvalue weighted by Gasteiger charge is 2.23. The maximum absolute atomic E-state index is 9.69. The Morgan fingerprint density at radius 1 is 1.03 bits per heavy atom. The van der Waals surface area contributed by atoms with Crippen molar-refractivity contribution in [1.29, 1.82) is 0 Å². The normalized spacial score (nSPS) is 16.9. The molecule has 0 aliphatic carbocycles. The first kappa shape index (κ1) is 24.4. The molecule has 176 valence electrons. The van der Waals surface area contributed by atoms with Gasteiger partial charge < -0.3 is 24.2 Å². The van der Waals surface area contributed by atoms with Crippen LogP contribution in [0.1, 0.15) is 36.5 Å². The van der Waals surface area contributed by atoms with E-state index in [0.717, 1.165) is 55.4 Å². The zero-order valence-electron chi connectivity index (χ0n) is 20.0. The van der Waals surface area contributed by atoms with Gasteiger partial charge in [-0.05, 0) is 75.2 Å². The Morgan fingerprint density at radius 2 is 1.78 bits per heavy atom. The maximum Gasteiger partial charge on any atom is 0.160 e. The molecule has 0 amide bonds. The van der Waals surface area contributed by atoms with Crippen molar-refractivity contribution < 1.29 is 19.3 Å². The summed E-state index contributed by atoms with van der Waals surface area (Å²) < 4.78 is 16.4. The summed E-state index contributed by atoms with van der Waals surface area (Å²) in [4.78, 5) is 5.01. The predicted molar refractivity (Wildman–Crippen MR) is 128 cm³/mol. The van der Waals surface area contributed by atoms with Crippen molar-refractivity contribution in [3.05, 3.63) is 53.1 Å². The van der Waals surface area contributed by atoms with E-state index in [9.17, 15) is 5.11 Å². The molecule has 2 aromatic carbocycles. The minimum Gasteiger partial charge on any atom is -0.494 e. The fraction of sp³-hybridized carbons (Fsp3) is 0.538. The molecule has 1 saturated heterocycles. The Balaban J connectivity index is 1.55. The van der Waals surface area contributed by atoms with E-state index in [1.54, 1.807) is 14.2 Å². The molecule has 2 aromatic rings. The molecule has 1 aliphatic heterocycles. The van der Waals surface area contributed by atoms with Crippen LogP contribution in [-0.4, -0.2) is 68.5 Å². The molecule has 1 fully saturated rings. The lowest BCUT2D eigenvalue weighted by molar-refractivity contribution is 0.112. The predicted octanol–water partition coefficient (Wildman–Crippen LogP) is 3.73. The van der Waals surface area contributed by atoms with E-state index >= 15 is 0 Å². The highest BCUT2D eigenvalue weighted by Crippen LogP contribution is 2.28. The van der Waals surface area contributed by atoms with E-state index in [-0.39, 0.29) is 6.61 Å². The maximum atomic E-state index is 9.69. The van der Waals surface area contributed by atoms with Crippen LogP contribution in [0.25, 0.3) is 0 Å². The first-order chi connectivity index (χ1) is 15.6. The standard InChI is InChI=1S/C26H38N2O4/c1-5-32-24-10-9-21(15-22(24)19-29)17-28-13-6-7-23(18-28)27(2)14-12-20-8-11-25(30-3)26(16-20)31-4/h8-11,15-16,23,29H,5-7,12-14,17-19H2,1-4H3/t23-/m0/s1. The molecule has 0 spiro atoms. The summed E-state index contributed by atoms with van der Waals surface area (Å²) in [6.07, 6.45) is 3.41. The van der Waals surface area contributed by atoms with E-state index in [2.05, 4.69) is 41.1 Å². The molecule has 0 aromatic heterocycles.